The van der Waals surface area contributed by atoms with E-state index in [1.807, 2.05) is 31.4 Å². The van der Waals surface area contributed by atoms with Crippen molar-refractivity contribution in [1.82, 2.24) is 4.98 Å². The maximum absolute atomic E-state index is 4.52. The molecule has 1 aliphatic rings. The summed E-state index contributed by atoms with van der Waals surface area (Å²) in [5.74, 6) is 0.516. The normalized spacial score (nSPS) is 13.3. The topological polar surface area (TPSA) is 12.9 Å². The van der Waals surface area contributed by atoms with E-state index in [1.54, 1.807) is 0 Å². The van der Waals surface area contributed by atoms with Gasteiger partial charge in [0.1, 0.15) is 0 Å². The number of hydrogen-bond acceptors (Lipinski definition) is 2. The summed E-state index contributed by atoms with van der Waals surface area (Å²) >= 11 is 1.82. The minimum Gasteiger partial charge on any atom is -0.249 e. The lowest BCUT2D eigenvalue weighted by Crippen LogP contribution is -1.97. The third-order valence-electron chi connectivity index (χ3n) is 3.64. The van der Waals surface area contributed by atoms with E-state index in [1.165, 1.54) is 45.0 Å². The van der Waals surface area contributed by atoms with Gasteiger partial charge in [0, 0.05) is 12.1 Å². The monoisotopic (exact) mass is 299 g/mol. The van der Waals surface area contributed by atoms with Crippen molar-refractivity contribution in [1.29, 1.82) is 0 Å². The quantitative estimate of drug-likeness (QED) is 0.633. The molecular weight excluding hydrogens is 274 g/mol. The average Bonchev–Trinajstić information content (AvgIpc) is 2.99. The van der Waals surface area contributed by atoms with Gasteiger partial charge in [0.25, 0.3) is 0 Å². The van der Waals surface area contributed by atoms with Crippen LogP contribution < -0.4 is 0 Å². The van der Waals surface area contributed by atoms with Crippen LogP contribution in [0.3, 0.4) is 0 Å². The molecule has 0 atom stereocenters. The molecule has 0 N–H and O–H groups in total. The van der Waals surface area contributed by atoms with Crippen molar-refractivity contribution in [2.75, 3.05) is 0 Å². The Labute approximate surface area is 132 Å². The molecule has 1 aromatic heterocycles. The summed E-state index contributed by atoms with van der Waals surface area (Å²) in [6.45, 7) is 10.6. The fraction of sp³-hybridized carbons (Fsp3) is 0.421. The largest absolute Gasteiger partial charge is 0.249 e. The Balaban J connectivity index is 0.000000774. The Bertz CT molecular complexity index is 635. The number of hydrogen-bond donors (Lipinski definition) is 0. The summed E-state index contributed by atoms with van der Waals surface area (Å²) < 4.78 is 0. The zero-order chi connectivity index (χ0) is 15.4. The van der Waals surface area contributed by atoms with Crippen LogP contribution in [0.1, 0.15) is 63.1 Å². The van der Waals surface area contributed by atoms with E-state index in [0.29, 0.717) is 5.92 Å². The molecule has 1 aliphatic carbocycles. The number of benzene rings is 1. The molecule has 0 spiro atoms. The van der Waals surface area contributed by atoms with Crippen molar-refractivity contribution in [2.45, 2.75) is 53.4 Å². The summed E-state index contributed by atoms with van der Waals surface area (Å²) in [7, 11) is 0. The lowest BCUT2D eigenvalue weighted by atomic mass is 9.91. The Kier molecular flexibility index (Phi) is 5.35. The molecule has 0 aliphatic heterocycles. The maximum Gasteiger partial charge on any atom is 0.0956 e. The average molecular weight is 299 g/mol. The molecule has 0 fully saturated rings. The molecule has 21 heavy (non-hydrogen) atoms. The van der Waals surface area contributed by atoms with Crippen LogP contribution in [0.25, 0.3) is 16.5 Å². The van der Waals surface area contributed by atoms with Gasteiger partial charge in [0.05, 0.1) is 9.88 Å². The first-order valence-electron chi connectivity index (χ1n) is 7.89. The van der Waals surface area contributed by atoms with E-state index in [-0.39, 0.29) is 0 Å². The van der Waals surface area contributed by atoms with Crippen LogP contribution in [-0.2, 0) is 6.42 Å². The lowest BCUT2D eigenvalue weighted by molar-refractivity contribution is 0.852. The molecule has 0 unspecified atom stereocenters. The van der Waals surface area contributed by atoms with Crippen LogP contribution in [0, 0.1) is 0 Å². The first kappa shape index (κ1) is 16.0. The van der Waals surface area contributed by atoms with E-state index in [2.05, 4.69) is 50.0 Å². The van der Waals surface area contributed by atoms with Crippen LogP contribution >= 0.6 is 11.3 Å². The van der Waals surface area contributed by atoms with E-state index in [9.17, 15) is 0 Å². The lowest BCUT2D eigenvalue weighted by Gasteiger charge is -2.14. The molecule has 112 valence electrons. The summed E-state index contributed by atoms with van der Waals surface area (Å²) in [5.41, 5.74) is 5.67. The van der Waals surface area contributed by atoms with Crippen LogP contribution in [0.2, 0.25) is 0 Å². The highest BCUT2D eigenvalue weighted by Gasteiger charge is 2.11. The van der Waals surface area contributed by atoms with E-state index < -0.39 is 0 Å². The van der Waals surface area contributed by atoms with Gasteiger partial charge in [-0.05, 0) is 42.5 Å². The van der Waals surface area contributed by atoms with E-state index in [0.717, 1.165) is 0 Å². The molecule has 2 heteroatoms. The third-order valence-corrected chi connectivity index (χ3v) is 4.98. The standard InChI is InChI=1S/C17H19NS.C2H6/c1-11(2)17-18-10-16(19-17)15-7-6-13-8-12(3)4-5-14(13)9-15;1-2/h6-11H,4-5H2,1-3H3;1-2H3. The van der Waals surface area contributed by atoms with Crippen LogP contribution in [0.15, 0.2) is 30.0 Å². The van der Waals surface area contributed by atoms with Gasteiger partial charge in [-0.3, -0.25) is 0 Å². The summed E-state index contributed by atoms with van der Waals surface area (Å²) in [6, 6.07) is 6.82. The number of allylic oxidation sites excluding steroid dienone is 1. The van der Waals surface area contributed by atoms with Gasteiger partial charge in [-0.1, -0.05) is 51.5 Å². The van der Waals surface area contributed by atoms with Gasteiger partial charge in [0.15, 0.2) is 0 Å². The van der Waals surface area contributed by atoms with E-state index >= 15 is 0 Å². The fourth-order valence-corrected chi connectivity index (χ4v) is 3.39. The molecule has 0 saturated carbocycles. The molecule has 1 heterocycles. The molecular formula is C19H25NS. The molecule has 2 aromatic rings. The van der Waals surface area contributed by atoms with Crippen LogP contribution in [-0.4, -0.2) is 4.98 Å². The number of aromatic nitrogens is 1. The summed E-state index contributed by atoms with van der Waals surface area (Å²) in [5, 5.41) is 1.23. The van der Waals surface area contributed by atoms with Crippen molar-refractivity contribution in [3.05, 3.63) is 46.1 Å². The molecule has 0 amide bonds. The van der Waals surface area contributed by atoms with Gasteiger partial charge in [-0.25, -0.2) is 4.98 Å². The smallest absolute Gasteiger partial charge is 0.0956 e. The highest BCUT2D eigenvalue weighted by atomic mass is 32.1. The molecule has 0 radical (unpaired) electrons. The molecule has 3 rings (SSSR count). The van der Waals surface area contributed by atoms with Crippen LogP contribution in [0.5, 0.6) is 0 Å². The first-order valence-corrected chi connectivity index (χ1v) is 8.71. The second-order valence-electron chi connectivity index (χ2n) is 5.62. The minimum atomic E-state index is 0.516. The zero-order valence-electron chi connectivity index (χ0n) is 13.7. The fourth-order valence-electron chi connectivity index (χ4n) is 2.47. The number of nitrogens with zero attached hydrogens (tertiary/aromatic N) is 1. The predicted molar refractivity (Wildman–Crippen MR) is 95.0 cm³/mol. The Morgan fingerprint density at radius 3 is 2.57 bits per heavy atom. The highest BCUT2D eigenvalue weighted by Crippen LogP contribution is 2.33. The van der Waals surface area contributed by atoms with Gasteiger partial charge in [0.2, 0.25) is 0 Å². The second-order valence-corrected chi connectivity index (χ2v) is 6.68. The van der Waals surface area contributed by atoms with Crippen LogP contribution in [0.4, 0.5) is 0 Å². The minimum absolute atomic E-state index is 0.516. The molecule has 0 bridgehead atoms. The highest BCUT2D eigenvalue weighted by molar-refractivity contribution is 7.15. The molecule has 1 aromatic carbocycles. The first-order chi connectivity index (χ1) is 10.1. The van der Waals surface area contributed by atoms with Crippen molar-refractivity contribution in [2.24, 2.45) is 0 Å². The van der Waals surface area contributed by atoms with Crippen molar-refractivity contribution in [3.63, 3.8) is 0 Å². The SMILES string of the molecule is CC.CC1=Cc2ccc(-c3cnc(C(C)C)s3)cc2CC1. The maximum atomic E-state index is 4.52. The number of aryl methyl sites for hydroxylation is 1. The second kappa shape index (κ2) is 7.04. The van der Waals surface area contributed by atoms with E-state index in [4.69, 9.17) is 0 Å². The number of thiazole rings is 1. The van der Waals surface area contributed by atoms with Gasteiger partial charge >= 0.3 is 0 Å². The number of fused-ring (bicyclic) bond motifs is 1. The Hall–Kier alpha value is -1.41. The van der Waals surface area contributed by atoms with Crippen molar-refractivity contribution in [3.8, 4) is 10.4 Å². The molecule has 1 nitrogen and oxygen atoms in total. The van der Waals surface area contributed by atoms with Gasteiger partial charge < -0.3 is 0 Å². The number of rotatable bonds is 2. The Morgan fingerprint density at radius 2 is 1.90 bits per heavy atom. The summed E-state index contributed by atoms with van der Waals surface area (Å²) in [4.78, 5) is 5.81. The van der Waals surface area contributed by atoms with Gasteiger partial charge in [-0.2, -0.15) is 0 Å². The zero-order valence-corrected chi connectivity index (χ0v) is 14.6. The van der Waals surface area contributed by atoms with Crippen molar-refractivity contribution < 1.29 is 0 Å². The van der Waals surface area contributed by atoms with Gasteiger partial charge in [-0.15, -0.1) is 11.3 Å². The van der Waals surface area contributed by atoms with Crippen molar-refractivity contribution >= 4 is 17.4 Å². The third kappa shape index (κ3) is 3.62. The predicted octanol–water partition coefficient (Wildman–Crippen LogP) is 6.31. The Morgan fingerprint density at radius 1 is 1.14 bits per heavy atom. The summed E-state index contributed by atoms with van der Waals surface area (Å²) in [6.07, 6.45) is 6.69. The molecule has 0 saturated heterocycles.